The van der Waals surface area contributed by atoms with Crippen LogP contribution in [-0.4, -0.2) is 14.8 Å². The van der Waals surface area contributed by atoms with Crippen molar-refractivity contribution in [2.45, 2.75) is 64.3 Å². The molecule has 0 spiro atoms. The first-order valence-electron chi connectivity index (χ1n) is 7.43. The van der Waals surface area contributed by atoms with E-state index in [1.54, 1.807) is 0 Å². The average molecular weight is 265 g/mol. The van der Waals surface area contributed by atoms with E-state index in [9.17, 15) is 0 Å². The molecule has 1 heterocycles. The highest BCUT2D eigenvalue weighted by Gasteiger charge is 2.30. The highest BCUT2D eigenvalue weighted by atomic mass is 32.1. The first kappa shape index (κ1) is 12.4. The Morgan fingerprint density at radius 1 is 1.17 bits per heavy atom. The minimum absolute atomic E-state index is 0.685. The summed E-state index contributed by atoms with van der Waals surface area (Å²) in [5.74, 6) is 3.69. The van der Waals surface area contributed by atoms with Crippen LogP contribution < -0.4 is 0 Å². The van der Waals surface area contributed by atoms with Gasteiger partial charge in [0, 0.05) is 12.5 Å². The van der Waals surface area contributed by atoms with Gasteiger partial charge in [0.1, 0.15) is 5.82 Å². The molecule has 2 aliphatic rings. The van der Waals surface area contributed by atoms with Gasteiger partial charge in [-0.15, -0.1) is 0 Å². The van der Waals surface area contributed by atoms with Gasteiger partial charge in [0.2, 0.25) is 0 Å². The van der Waals surface area contributed by atoms with Gasteiger partial charge in [-0.3, -0.25) is 5.10 Å². The van der Waals surface area contributed by atoms with E-state index < -0.39 is 0 Å². The maximum Gasteiger partial charge on any atom is 0.195 e. The van der Waals surface area contributed by atoms with Crippen molar-refractivity contribution in [3.05, 3.63) is 10.6 Å². The van der Waals surface area contributed by atoms with Gasteiger partial charge < -0.3 is 4.57 Å². The number of H-pyrrole nitrogens is 1. The van der Waals surface area contributed by atoms with Crippen LogP contribution in [0.15, 0.2) is 0 Å². The largest absolute Gasteiger partial charge is 0.304 e. The van der Waals surface area contributed by atoms with E-state index in [2.05, 4.69) is 21.7 Å². The second-order valence-corrected chi connectivity index (χ2v) is 6.45. The Hall–Kier alpha value is -0.640. The third-order valence-corrected chi connectivity index (χ3v) is 5.03. The summed E-state index contributed by atoms with van der Waals surface area (Å²) in [5.41, 5.74) is 0. The molecule has 4 heteroatoms. The van der Waals surface area contributed by atoms with Gasteiger partial charge in [-0.1, -0.05) is 26.2 Å². The summed E-state index contributed by atoms with van der Waals surface area (Å²) in [6, 6.07) is 0. The molecule has 0 unspecified atom stereocenters. The van der Waals surface area contributed by atoms with Gasteiger partial charge in [-0.25, -0.2) is 0 Å². The van der Waals surface area contributed by atoms with E-state index in [1.165, 1.54) is 50.8 Å². The summed E-state index contributed by atoms with van der Waals surface area (Å²) < 4.78 is 3.11. The molecule has 3 nitrogen and oxygen atoms in total. The fraction of sp³-hybridized carbons (Fsp3) is 0.857. The number of nitrogens with one attached hydrogen (secondary N) is 1. The molecule has 1 aromatic rings. The molecule has 3 rings (SSSR count). The molecule has 0 amide bonds. The van der Waals surface area contributed by atoms with Crippen molar-refractivity contribution in [3.63, 3.8) is 0 Å². The molecule has 1 aromatic heterocycles. The zero-order chi connectivity index (χ0) is 12.5. The van der Waals surface area contributed by atoms with E-state index >= 15 is 0 Å². The topological polar surface area (TPSA) is 33.6 Å². The molecule has 2 aliphatic carbocycles. The van der Waals surface area contributed by atoms with Gasteiger partial charge >= 0.3 is 0 Å². The van der Waals surface area contributed by atoms with Crippen LogP contribution in [0.1, 0.15) is 63.6 Å². The molecular weight excluding hydrogens is 242 g/mol. The van der Waals surface area contributed by atoms with E-state index in [0.29, 0.717) is 5.92 Å². The molecule has 0 atom stereocenters. The Bertz CT molecular complexity index is 450. The Balaban J connectivity index is 1.66. The molecular formula is C14H23N3S. The first-order valence-corrected chi connectivity index (χ1v) is 7.83. The molecule has 18 heavy (non-hydrogen) atoms. The molecule has 1 N–H and O–H groups in total. The summed E-state index contributed by atoms with van der Waals surface area (Å²) in [6.45, 7) is 3.42. The van der Waals surface area contributed by atoms with Crippen molar-refractivity contribution in [2.24, 2.45) is 11.8 Å². The number of hydrogen-bond donors (Lipinski definition) is 1. The minimum Gasteiger partial charge on any atom is -0.304 e. The molecule has 0 aromatic carbocycles. The van der Waals surface area contributed by atoms with Gasteiger partial charge in [-0.2, -0.15) is 5.10 Å². The van der Waals surface area contributed by atoms with Crippen molar-refractivity contribution >= 4 is 12.2 Å². The Morgan fingerprint density at radius 2 is 1.83 bits per heavy atom. The van der Waals surface area contributed by atoms with Gasteiger partial charge in [0.25, 0.3) is 0 Å². The van der Waals surface area contributed by atoms with Crippen LogP contribution >= 0.6 is 12.2 Å². The summed E-state index contributed by atoms with van der Waals surface area (Å²) in [6.07, 6.45) is 9.50. The monoisotopic (exact) mass is 265 g/mol. The predicted octanol–water partition coefficient (Wildman–Crippen LogP) is 4.03. The smallest absolute Gasteiger partial charge is 0.195 e. The average Bonchev–Trinajstić information content (AvgIpc) is 3.17. The van der Waals surface area contributed by atoms with E-state index in [0.717, 1.165) is 23.2 Å². The van der Waals surface area contributed by atoms with E-state index in [1.807, 2.05) is 0 Å². The highest BCUT2D eigenvalue weighted by molar-refractivity contribution is 7.71. The number of rotatable bonds is 4. The van der Waals surface area contributed by atoms with Crippen LogP contribution in [0.4, 0.5) is 0 Å². The van der Waals surface area contributed by atoms with Crippen LogP contribution in [0.2, 0.25) is 0 Å². The minimum atomic E-state index is 0.685. The second kappa shape index (κ2) is 5.16. The number of nitrogens with zero attached hydrogens (tertiary/aromatic N) is 2. The molecule has 0 bridgehead atoms. The van der Waals surface area contributed by atoms with E-state index in [4.69, 9.17) is 12.2 Å². The zero-order valence-electron chi connectivity index (χ0n) is 11.2. The van der Waals surface area contributed by atoms with E-state index in [-0.39, 0.29) is 0 Å². The summed E-state index contributed by atoms with van der Waals surface area (Å²) in [5, 5.41) is 7.40. The van der Waals surface area contributed by atoms with Crippen molar-refractivity contribution in [1.29, 1.82) is 0 Å². The van der Waals surface area contributed by atoms with Gasteiger partial charge in [0.05, 0.1) is 0 Å². The molecule has 2 fully saturated rings. The Kier molecular flexibility index (Phi) is 3.55. The fourth-order valence-corrected chi connectivity index (χ4v) is 3.45. The Labute approximate surface area is 114 Å². The number of aromatic amines is 1. The molecule has 0 radical (unpaired) electrons. The van der Waals surface area contributed by atoms with Crippen molar-refractivity contribution in [1.82, 2.24) is 14.8 Å². The lowest BCUT2D eigenvalue weighted by molar-refractivity contribution is 0.245. The van der Waals surface area contributed by atoms with Crippen LogP contribution in [0, 0.1) is 16.6 Å². The number of aromatic nitrogens is 3. The van der Waals surface area contributed by atoms with Gasteiger partial charge in [0.15, 0.2) is 4.77 Å². The summed E-state index contributed by atoms with van der Waals surface area (Å²) in [7, 11) is 0. The maximum absolute atomic E-state index is 5.38. The third-order valence-electron chi connectivity index (χ3n) is 4.71. The molecule has 0 aliphatic heterocycles. The SMILES string of the molecule is CCC1CCC(Cn2c(C3CC3)n[nH]c2=S)CC1. The maximum atomic E-state index is 5.38. The lowest BCUT2D eigenvalue weighted by Crippen LogP contribution is -2.19. The second-order valence-electron chi connectivity index (χ2n) is 6.07. The summed E-state index contributed by atoms with van der Waals surface area (Å²) >= 11 is 5.38. The third kappa shape index (κ3) is 2.53. The van der Waals surface area contributed by atoms with Crippen LogP contribution in [0.25, 0.3) is 0 Å². The van der Waals surface area contributed by atoms with Gasteiger partial charge in [-0.05, 0) is 49.7 Å². The number of hydrogen-bond acceptors (Lipinski definition) is 2. The standard InChI is InChI=1S/C14H23N3S/c1-2-10-3-5-11(6-4-10)9-17-13(12-7-8-12)15-16-14(17)18/h10-12H,2-9H2,1H3,(H,16,18). The molecule has 100 valence electrons. The van der Waals surface area contributed by atoms with Crippen molar-refractivity contribution < 1.29 is 0 Å². The lowest BCUT2D eigenvalue weighted by Gasteiger charge is -2.28. The van der Waals surface area contributed by atoms with Crippen LogP contribution in [0.5, 0.6) is 0 Å². The fourth-order valence-electron chi connectivity index (χ4n) is 3.24. The van der Waals surface area contributed by atoms with Crippen LogP contribution in [0.3, 0.4) is 0 Å². The quantitative estimate of drug-likeness (QED) is 0.834. The predicted molar refractivity (Wildman–Crippen MR) is 75.1 cm³/mol. The normalized spacial score (nSPS) is 28.5. The van der Waals surface area contributed by atoms with Crippen LogP contribution in [-0.2, 0) is 6.54 Å². The summed E-state index contributed by atoms with van der Waals surface area (Å²) in [4.78, 5) is 0. The zero-order valence-corrected chi connectivity index (χ0v) is 12.0. The molecule has 0 saturated heterocycles. The highest BCUT2D eigenvalue weighted by Crippen LogP contribution is 2.39. The Morgan fingerprint density at radius 3 is 2.44 bits per heavy atom. The first-order chi connectivity index (χ1) is 8.78. The van der Waals surface area contributed by atoms with Crippen molar-refractivity contribution in [2.75, 3.05) is 0 Å². The molecule has 2 saturated carbocycles. The van der Waals surface area contributed by atoms with Crippen molar-refractivity contribution in [3.8, 4) is 0 Å². The lowest BCUT2D eigenvalue weighted by atomic mass is 9.81.